The largest absolute Gasteiger partial charge is 0.494 e. The molecule has 5 heteroatoms. The minimum atomic E-state index is -1.03. The zero-order valence-corrected chi connectivity index (χ0v) is 12.1. The van der Waals surface area contributed by atoms with E-state index in [2.05, 4.69) is 0 Å². The van der Waals surface area contributed by atoms with Crippen LogP contribution in [0.5, 0.6) is 17.2 Å². The lowest BCUT2D eigenvalue weighted by Crippen LogP contribution is -2.04. The van der Waals surface area contributed by atoms with Gasteiger partial charge in [0.05, 0.1) is 21.3 Å². The second-order valence-corrected chi connectivity index (χ2v) is 4.38. The van der Waals surface area contributed by atoms with Crippen molar-refractivity contribution in [1.82, 2.24) is 0 Å². The Labute approximate surface area is 122 Å². The topological polar surface area (TPSA) is 47.9 Å². The summed E-state index contributed by atoms with van der Waals surface area (Å²) in [5, 5.41) is 10.5. The molecule has 0 amide bonds. The second-order valence-electron chi connectivity index (χ2n) is 4.38. The van der Waals surface area contributed by atoms with E-state index in [-0.39, 0.29) is 5.75 Å². The zero-order valence-electron chi connectivity index (χ0n) is 12.1. The summed E-state index contributed by atoms with van der Waals surface area (Å²) in [4.78, 5) is 0. The third-order valence-corrected chi connectivity index (χ3v) is 3.22. The lowest BCUT2D eigenvalue weighted by atomic mass is 10.00. The number of benzene rings is 2. The molecule has 0 heterocycles. The highest BCUT2D eigenvalue weighted by Crippen LogP contribution is 2.37. The third-order valence-electron chi connectivity index (χ3n) is 3.22. The number of aliphatic hydroxyl groups excluding tert-OH is 1. The molecule has 21 heavy (non-hydrogen) atoms. The van der Waals surface area contributed by atoms with Crippen LogP contribution >= 0.6 is 0 Å². The number of aliphatic hydroxyl groups is 1. The quantitative estimate of drug-likeness (QED) is 0.920. The zero-order chi connectivity index (χ0) is 15.4. The maximum Gasteiger partial charge on any atom is 0.166 e. The number of halogens is 1. The molecule has 0 saturated carbocycles. The Bertz CT molecular complexity index is 628. The minimum Gasteiger partial charge on any atom is -0.494 e. The predicted molar refractivity (Wildman–Crippen MR) is 76.6 cm³/mol. The smallest absolute Gasteiger partial charge is 0.166 e. The molecule has 0 fully saturated rings. The van der Waals surface area contributed by atoms with Crippen LogP contribution < -0.4 is 14.2 Å². The highest BCUT2D eigenvalue weighted by atomic mass is 19.1. The molecule has 0 spiro atoms. The van der Waals surface area contributed by atoms with Crippen LogP contribution in [0.3, 0.4) is 0 Å². The van der Waals surface area contributed by atoms with Crippen LogP contribution in [-0.2, 0) is 0 Å². The molecule has 0 aliphatic rings. The van der Waals surface area contributed by atoms with Gasteiger partial charge in [-0.1, -0.05) is 18.2 Å². The van der Waals surface area contributed by atoms with Gasteiger partial charge in [0.2, 0.25) is 0 Å². The van der Waals surface area contributed by atoms with Gasteiger partial charge < -0.3 is 19.3 Å². The Morgan fingerprint density at radius 1 is 0.952 bits per heavy atom. The van der Waals surface area contributed by atoms with Crippen LogP contribution in [0.4, 0.5) is 4.39 Å². The van der Waals surface area contributed by atoms with Crippen molar-refractivity contribution in [2.75, 3.05) is 21.3 Å². The van der Waals surface area contributed by atoms with Gasteiger partial charge in [0.15, 0.2) is 23.1 Å². The molecule has 0 aliphatic heterocycles. The van der Waals surface area contributed by atoms with E-state index in [9.17, 15) is 9.50 Å². The molecule has 2 aromatic carbocycles. The van der Waals surface area contributed by atoms with Crippen molar-refractivity contribution in [2.24, 2.45) is 0 Å². The molecule has 1 unspecified atom stereocenters. The predicted octanol–water partition coefficient (Wildman–Crippen LogP) is 2.93. The number of hydrogen-bond acceptors (Lipinski definition) is 4. The molecule has 1 atom stereocenters. The Morgan fingerprint density at radius 3 is 2.24 bits per heavy atom. The molecule has 2 rings (SSSR count). The van der Waals surface area contributed by atoms with Gasteiger partial charge in [0, 0.05) is 5.56 Å². The van der Waals surface area contributed by atoms with E-state index in [1.165, 1.54) is 33.5 Å². The number of rotatable bonds is 5. The molecule has 112 valence electrons. The van der Waals surface area contributed by atoms with Gasteiger partial charge in [-0.25, -0.2) is 4.39 Å². The number of hydrogen-bond donors (Lipinski definition) is 1. The Hall–Kier alpha value is -2.27. The van der Waals surface area contributed by atoms with E-state index >= 15 is 0 Å². The van der Waals surface area contributed by atoms with Crippen molar-refractivity contribution in [2.45, 2.75) is 6.10 Å². The van der Waals surface area contributed by atoms with Gasteiger partial charge in [0.1, 0.15) is 6.10 Å². The Balaban J connectivity index is 2.44. The third kappa shape index (κ3) is 2.92. The molecule has 0 saturated heterocycles. The summed E-state index contributed by atoms with van der Waals surface area (Å²) in [5.74, 6) is 0.520. The molecule has 4 nitrogen and oxygen atoms in total. The SMILES string of the molecule is COc1ccc(C(O)c2cccc(OC)c2OC)cc1F. The summed E-state index contributed by atoms with van der Waals surface area (Å²) in [6.07, 6.45) is -1.03. The van der Waals surface area contributed by atoms with E-state index in [4.69, 9.17) is 14.2 Å². The molecular weight excluding hydrogens is 275 g/mol. The van der Waals surface area contributed by atoms with Crippen LogP contribution in [0, 0.1) is 5.82 Å². The minimum absolute atomic E-state index is 0.128. The summed E-state index contributed by atoms with van der Waals surface area (Å²) in [6, 6.07) is 9.48. The van der Waals surface area contributed by atoms with Crippen LogP contribution in [0.1, 0.15) is 17.2 Å². The molecule has 0 bridgehead atoms. The Kier molecular flexibility index (Phi) is 4.65. The maximum absolute atomic E-state index is 13.8. The fourth-order valence-electron chi connectivity index (χ4n) is 2.16. The standard InChI is InChI=1S/C16H17FO4/c1-19-13-8-7-10(9-12(13)17)15(18)11-5-4-6-14(20-2)16(11)21-3/h4-9,15,18H,1-3H3. The first kappa shape index (κ1) is 15.1. The summed E-state index contributed by atoms with van der Waals surface area (Å²) < 4.78 is 29.1. The van der Waals surface area contributed by atoms with Crippen LogP contribution in [0.25, 0.3) is 0 Å². The average molecular weight is 292 g/mol. The van der Waals surface area contributed by atoms with E-state index in [0.717, 1.165) is 0 Å². The summed E-state index contributed by atoms with van der Waals surface area (Å²) >= 11 is 0. The van der Waals surface area contributed by atoms with Crippen LogP contribution in [0.15, 0.2) is 36.4 Å². The first-order valence-electron chi connectivity index (χ1n) is 6.34. The van der Waals surface area contributed by atoms with Gasteiger partial charge in [-0.3, -0.25) is 0 Å². The van der Waals surface area contributed by atoms with Crippen LogP contribution in [-0.4, -0.2) is 26.4 Å². The lowest BCUT2D eigenvalue weighted by molar-refractivity contribution is 0.212. The monoisotopic (exact) mass is 292 g/mol. The lowest BCUT2D eigenvalue weighted by Gasteiger charge is -2.17. The average Bonchev–Trinajstić information content (AvgIpc) is 2.53. The molecule has 0 aliphatic carbocycles. The Morgan fingerprint density at radius 2 is 1.67 bits per heavy atom. The number of methoxy groups -OCH3 is 3. The van der Waals surface area contributed by atoms with Crippen molar-refractivity contribution >= 4 is 0 Å². The molecule has 1 N–H and O–H groups in total. The maximum atomic E-state index is 13.8. The second kappa shape index (κ2) is 6.45. The summed E-state index contributed by atoms with van der Waals surface area (Å²) in [7, 11) is 4.39. The highest BCUT2D eigenvalue weighted by molar-refractivity contribution is 5.50. The molecule has 2 aromatic rings. The van der Waals surface area contributed by atoms with Crippen LogP contribution in [0.2, 0.25) is 0 Å². The van der Waals surface area contributed by atoms with E-state index in [1.54, 1.807) is 24.3 Å². The summed E-state index contributed by atoms with van der Waals surface area (Å²) in [6.45, 7) is 0. The highest BCUT2D eigenvalue weighted by Gasteiger charge is 2.19. The van der Waals surface area contributed by atoms with Gasteiger partial charge in [-0.05, 0) is 23.8 Å². The van der Waals surface area contributed by atoms with E-state index in [1.807, 2.05) is 0 Å². The number of ether oxygens (including phenoxy) is 3. The molecule has 0 radical (unpaired) electrons. The van der Waals surface area contributed by atoms with Crippen molar-refractivity contribution in [3.05, 3.63) is 53.3 Å². The first-order valence-corrected chi connectivity index (χ1v) is 6.34. The first-order chi connectivity index (χ1) is 10.1. The van der Waals surface area contributed by atoms with E-state index in [0.29, 0.717) is 22.6 Å². The molecular formula is C16H17FO4. The van der Waals surface area contributed by atoms with Crippen molar-refractivity contribution in [3.63, 3.8) is 0 Å². The van der Waals surface area contributed by atoms with Crippen molar-refractivity contribution in [3.8, 4) is 17.2 Å². The van der Waals surface area contributed by atoms with Gasteiger partial charge in [-0.2, -0.15) is 0 Å². The van der Waals surface area contributed by atoms with Gasteiger partial charge >= 0.3 is 0 Å². The molecule has 0 aromatic heterocycles. The van der Waals surface area contributed by atoms with Crippen molar-refractivity contribution < 1.29 is 23.7 Å². The fraction of sp³-hybridized carbons (Fsp3) is 0.250. The van der Waals surface area contributed by atoms with Gasteiger partial charge in [0.25, 0.3) is 0 Å². The van der Waals surface area contributed by atoms with Crippen molar-refractivity contribution in [1.29, 1.82) is 0 Å². The number of para-hydroxylation sites is 1. The van der Waals surface area contributed by atoms with Gasteiger partial charge in [-0.15, -0.1) is 0 Å². The normalized spacial score (nSPS) is 11.9. The fourth-order valence-corrected chi connectivity index (χ4v) is 2.16. The summed E-state index contributed by atoms with van der Waals surface area (Å²) in [5.41, 5.74) is 0.904. The van der Waals surface area contributed by atoms with E-state index < -0.39 is 11.9 Å².